The Morgan fingerprint density at radius 3 is 2.25 bits per heavy atom. The molecule has 0 saturated heterocycles. The summed E-state index contributed by atoms with van der Waals surface area (Å²) in [4.78, 5) is 24.3. The molecule has 2 aromatic rings. The van der Waals surface area contributed by atoms with Crippen molar-refractivity contribution in [2.45, 2.75) is 40.5 Å². The zero-order valence-electron chi connectivity index (χ0n) is 14.7. The average molecular weight is 324 g/mol. The summed E-state index contributed by atoms with van der Waals surface area (Å²) in [6.45, 7) is 7.99. The maximum absolute atomic E-state index is 12.2. The molecule has 24 heavy (non-hydrogen) atoms. The van der Waals surface area contributed by atoms with Crippen molar-refractivity contribution in [3.05, 3.63) is 58.7 Å². The lowest BCUT2D eigenvalue weighted by molar-refractivity contribution is -0.123. The van der Waals surface area contributed by atoms with Gasteiger partial charge < -0.3 is 10.6 Å². The standard InChI is InChI=1S/C20H24N2O2/c1-5-16-8-6-7-14(3)20(16)22-19(24)12-18(23)21-17-10-9-13(2)15(4)11-17/h6-11H,5,12H2,1-4H3,(H,21,23)(H,22,24). The van der Waals surface area contributed by atoms with Gasteiger partial charge in [0.15, 0.2) is 0 Å². The van der Waals surface area contributed by atoms with Gasteiger partial charge in [-0.2, -0.15) is 0 Å². The minimum atomic E-state index is -0.317. The van der Waals surface area contributed by atoms with Gasteiger partial charge in [-0.1, -0.05) is 31.2 Å². The topological polar surface area (TPSA) is 58.2 Å². The van der Waals surface area contributed by atoms with E-state index in [1.165, 1.54) is 0 Å². The Bertz CT molecular complexity index is 766. The third-order valence-electron chi connectivity index (χ3n) is 4.12. The van der Waals surface area contributed by atoms with Crippen LogP contribution in [0.25, 0.3) is 0 Å². The normalized spacial score (nSPS) is 10.3. The number of benzene rings is 2. The van der Waals surface area contributed by atoms with Gasteiger partial charge in [0.2, 0.25) is 11.8 Å². The molecule has 2 rings (SSSR count). The van der Waals surface area contributed by atoms with E-state index >= 15 is 0 Å². The lowest BCUT2D eigenvalue weighted by atomic mass is 10.1. The third-order valence-corrected chi connectivity index (χ3v) is 4.12. The molecular weight excluding hydrogens is 300 g/mol. The maximum atomic E-state index is 12.2. The summed E-state index contributed by atoms with van der Waals surface area (Å²) in [5.41, 5.74) is 5.85. The zero-order valence-corrected chi connectivity index (χ0v) is 14.7. The van der Waals surface area contributed by atoms with Gasteiger partial charge in [0.25, 0.3) is 0 Å². The van der Waals surface area contributed by atoms with Crippen LogP contribution in [0.5, 0.6) is 0 Å². The summed E-state index contributed by atoms with van der Waals surface area (Å²) in [5, 5.41) is 5.64. The van der Waals surface area contributed by atoms with Gasteiger partial charge >= 0.3 is 0 Å². The second kappa shape index (κ2) is 7.77. The molecule has 0 bridgehead atoms. The van der Waals surface area contributed by atoms with Crippen LogP contribution in [0.15, 0.2) is 36.4 Å². The molecule has 0 heterocycles. The molecule has 0 atom stereocenters. The lowest BCUT2D eigenvalue weighted by Gasteiger charge is -2.13. The minimum absolute atomic E-state index is 0.204. The molecule has 4 heteroatoms. The van der Waals surface area contributed by atoms with E-state index in [0.29, 0.717) is 5.69 Å². The van der Waals surface area contributed by atoms with E-state index in [1.54, 1.807) is 0 Å². The Balaban J connectivity index is 1.99. The molecular formula is C20H24N2O2. The van der Waals surface area contributed by atoms with Gasteiger partial charge in [0.1, 0.15) is 6.42 Å². The number of rotatable bonds is 5. The number of carbonyl (C=O) groups excluding carboxylic acids is 2. The summed E-state index contributed by atoms with van der Waals surface area (Å²) in [6.07, 6.45) is 0.622. The SMILES string of the molecule is CCc1cccc(C)c1NC(=O)CC(=O)Nc1ccc(C)c(C)c1. The molecule has 126 valence electrons. The highest BCUT2D eigenvalue weighted by atomic mass is 16.2. The van der Waals surface area contributed by atoms with Crippen molar-refractivity contribution in [3.8, 4) is 0 Å². The fraction of sp³-hybridized carbons (Fsp3) is 0.300. The molecule has 2 N–H and O–H groups in total. The predicted molar refractivity (Wildman–Crippen MR) is 98.3 cm³/mol. The second-order valence-electron chi connectivity index (χ2n) is 6.03. The predicted octanol–water partition coefficient (Wildman–Crippen LogP) is 4.14. The highest BCUT2D eigenvalue weighted by molar-refractivity contribution is 6.08. The van der Waals surface area contributed by atoms with Gasteiger partial charge in [0, 0.05) is 11.4 Å². The molecule has 4 nitrogen and oxygen atoms in total. The van der Waals surface area contributed by atoms with Crippen LogP contribution in [0.4, 0.5) is 11.4 Å². The number of nitrogens with one attached hydrogen (secondary N) is 2. The average Bonchev–Trinajstić information content (AvgIpc) is 2.52. The number of hydrogen-bond donors (Lipinski definition) is 2. The van der Waals surface area contributed by atoms with E-state index in [1.807, 2.05) is 64.1 Å². The van der Waals surface area contributed by atoms with Crippen LogP contribution in [0, 0.1) is 20.8 Å². The molecule has 0 unspecified atom stereocenters. The molecule has 0 aromatic heterocycles. The van der Waals surface area contributed by atoms with Crippen LogP contribution < -0.4 is 10.6 Å². The first kappa shape index (κ1) is 17.7. The van der Waals surface area contributed by atoms with Crippen molar-refractivity contribution in [2.24, 2.45) is 0 Å². The summed E-state index contributed by atoms with van der Waals surface area (Å²) in [5.74, 6) is -0.622. The molecule has 0 radical (unpaired) electrons. The summed E-state index contributed by atoms with van der Waals surface area (Å²) >= 11 is 0. The van der Waals surface area contributed by atoms with Gasteiger partial charge in [-0.05, 0) is 61.6 Å². The van der Waals surface area contributed by atoms with Crippen molar-refractivity contribution in [2.75, 3.05) is 10.6 Å². The first-order valence-electron chi connectivity index (χ1n) is 8.16. The number of para-hydroxylation sites is 1. The number of amides is 2. The number of carbonyl (C=O) groups is 2. The van der Waals surface area contributed by atoms with Gasteiger partial charge in [0.05, 0.1) is 0 Å². The van der Waals surface area contributed by atoms with Crippen LogP contribution in [0.1, 0.15) is 35.6 Å². The van der Waals surface area contributed by atoms with E-state index < -0.39 is 0 Å². The monoisotopic (exact) mass is 324 g/mol. The summed E-state index contributed by atoms with van der Waals surface area (Å²) < 4.78 is 0. The van der Waals surface area contributed by atoms with Gasteiger partial charge in [-0.15, -0.1) is 0 Å². The highest BCUT2D eigenvalue weighted by Crippen LogP contribution is 2.21. The molecule has 0 aliphatic heterocycles. The van der Waals surface area contributed by atoms with E-state index in [2.05, 4.69) is 10.6 Å². The largest absolute Gasteiger partial charge is 0.326 e. The Morgan fingerprint density at radius 2 is 1.58 bits per heavy atom. The molecule has 0 aliphatic rings. The Morgan fingerprint density at radius 1 is 0.875 bits per heavy atom. The highest BCUT2D eigenvalue weighted by Gasteiger charge is 2.13. The van der Waals surface area contributed by atoms with Crippen LogP contribution in [-0.4, -0.2) is 11.8 Å². The van der Waals surface area contributed by atoms with Crippen LogP contribution in [0.2, 0.25) is 0 Å². The van der Waals surface area contributed by atoms with Crippen LogP contribution in [-0.2, 0) is 16.0 Å². The van der Waals surface area contributed by atoms with E-state index in [4.69, 9.17) is 0 Å². The second-order valence-corrected chi connectivity index (χ2v) is 6.03. The molecule has 0 aliphatic carbocycles. The first-order valence-corrected chi connectivity index (χ1v) is 8.16. The number of anilines is 2. The van der Waals surface area contributed by atoms with Crippen LogP contribution >= 0.6 is 0 Å². The quantitative estimate of drug-likeness (QED) is 0.812. The van der Waals surface area contributed by atoms with Crippen molar-refractivity contribution >= 4 is 23.2 Å². The smallest absolute Gasteiger partial charge is 0.233 e. The van der Waals surface area contributed by atoms with E-state index in [9.17, 15) is 9.59 Å². The summed E-state index contributed by atoms with van der Waals surface area (Å²) in [6, 6.07) is 11.6. The van der Waals surface area contributed by atoms with Crippen molar-refractivity contribution in [1.82, 2.24) is 0 Å². The van der Waals surface area contributed by atoms with Crippen molar-refractivity contribution in [3.63, 3.8) is 0 Å². The Hall–Kier alpha value is -2.62. The fourth-order valence-electron chi connectivity index (χ4n) is 2.56. The zero-order chi connectivity index (χ0) is 17.7. The van der Waals surface area contributed by atoms with Crippen molar-refractivity contribution in [1.29, 1.82) is 0 Å². The Kier molecular flexibility index (Phi) is 5.74. The van der Waals surface area contributed by atoms with Crippen LogP contribution in [0.3, 0.4) is 0 Å². The van der Waals surface area contributed by atoms with Gasteiger partial charge in [-0.25, -0.2) is 0 Å². The molecule has 0 fully saturated rings. The maximum Gasteiger partial charge on any atom is 0.233 e. The number of hydrogen-bond acceptors (Lipinski definition) is 2. The van der Waals surface area contributed by atoms with Gasteiger partial charge in [-0.3, -0.25) is 9.59 Å². The molecule has 2 amide bonds. The van der Waals surface area contributed by atoms with E-state index in [-0.39, 0.29) is 18.2 Å². The first-order chi connectivity index (χ1) is 11.4. The molecule has 0 spiro atoms. The Labute approximate surface area is 143 Å². The number of aryl methyl sites for hydroxylation is 4. The lowest BCUT2D eigenvalue weighted by Crippen LogP contribution is -2.22. The fourth-order valence-corrected chi connectivity index (χ4v) is 2.56. The molecule has 2 aromatic carbocycles. The summed E-state index contributed by atoms with van der Waals surface area (Å²) in [7, 11) is 0. The molecule has 0 saturated carbocycles. The van der Waals surface area contributed by atoms with E-state index in [0.717, 1.165) is 34.4 Å². The minimum Gasteiger partial charge on any atom is -0.326 e. The van der Waals surface area contributed by atoms with Crippen molar-refractivity contribution < 1.29 is 9.59 Å². The third kappa shape index (κ3) is 4.44.